The summed E-state index contributed by atoms with van der Waals surface area (Å²) in [6.45, 7) is 3.24. The van der Waals surface area contributed by atoms with E-state index in [0.717, 1.165) is 32.5 Å². The van der Waals surface area contributed by atoms with Crippen molar-refractivity contribution in [3.63, 3.8) is 0 Å². The van der Waals surface area contributed by atoms with Crippen molar-refractivity contribution in [2.75, 3.05) is 26.2 Å². The van der Waals surface area contributed by atoms with E-state index in [1.54, 1.807) is 0 Å². The molecule has 118 valence electrons. The van der Waals surface area contributed by atoms with Crippen LogP contribution >= 0.6 is 0 Å². The molecule has 21 heavy (non-hydrogen) atoms. The van der Waals surface area contributed by atoms with Gasteiger partial charge in [-0.3, -0.25) is 9.59 Å². The largest absolute Gasteiger partial charge is 0.354 e. The van der Waals surface area contributed by atoms with Gasteiger partial charge in [0, 0.05) is 26.1 Å². The first-order chi connectivity index (χ1) is 10.3. The van der Waals surface area contributed by atoms with Crippen LogP contribution in [0.5, 0.6) is 0 Å². The number of carbonyl (C=O) groups excluding carboxylic acids is 2. The number of amides is 2. The van der Waals surface area contributed by atoms with Gasteiger partial charge in [0.1, 0.15) is 0 Å². The summed E-state index contributed by atoms with van der Waals surface area (Å²) in [5, 5.41) is 6.31. The lowest BCUT2D eigenvalue weighted by Gasteiger charge is -2.27. The first-order valence-electron chi connectivity index (χ1n) is 8.54. The molecule has 0 bridgehead atoms. The second-order valence-electron chi connectivity index (χ2n) is 6.72. The molecule has 2 heterocycles. The first-order valence-corrected chi connectivity index (χ1v) is 8.54. The number of carbonyl (C=O) groups is 2. The zero-order valence-corrected chi connectivity index (χ0v) is 12.8. The Balaban J connectivity index is 1.38. The predicted octanol–water partition coefficient (Wildman–Crippen LogP) is 0.893. The van der Waals surface area contributed by atoms with Gasteiger partial charge < -0.3 is 15.5 Å². The molecule has 3 unspecified atom stereocenters. The summed E-state index contributed by atoms with van der Waals surface area (Å²) in [6.07, 6.45) is 7.59. The zero-order chi connectivity index (χ0) is 14.7. The lowest BCUT2D eigenvalue weighted by Crippen LogP contribution is -2.45. The normalized spacial score (nSPS) is 32.0. The molecule has 5 nitrogen and oxygen atoms in total. The van der Waals surface area contributed by atoms with E-state index in [9.17, 15) is 9.59 Å². The van der Waals surface area contributed by atoms with Gasteiger partial charge in [0.05, 0.1) is 6.04 Å². The highest BCUT2D eigenvalue weighted by Gasteiger charge is 2.42. The Kier molecular flexibility index (Phi) is 4.78. The molecule has 2 aliphatic heterocycles. The second-order valence-corrected chi connectivity index (χ2v) is 6.72. The van der Waals surface area contributed by atoms with Crippen LogP contribution in [0.25, 0.3) is 0 Å². The summed E-state index contributed by atoms with van der Waals surface area (Å²) in [7, 11) is 0. The van der Waals surface area contributed by atoms with Gasteiger partial charge in [0.2, 0.25) is 11.8 Å². The van der Waals surface area contributed by atoms with Gasteiger partial charge >= 0.3 is 0 Å². The van der Waals surface area contributed by atoms with Gasteiger partial charge in [0.15, 0.2) is 0 Å². The maximum absolute atomic E-state index is 12.2. The third-order valence-corrected chi connectivity index (χ3v) is 5.38. The van der Waals surface area contributed by atoms with E-state index in [1.807, 2.05) is 4.90 Å². The number of hydrogen-bond donors (Lipinski definition) is 2. The molecule has 3 fully saturated rings. The molecular formula is C16H27N3O2. The topological polar surface area (TPSA) is 61.4 Å². The summed E-state index contributed by atoms with van der Waals surface area (Å²) >= 11 is 0. The molecule has 2 amide bonds. The maximum atomic E-state index is 12.2. The molecular weight excluding hydrogens is 266 g/mol. The standard InChI is InChI=1S/C16H27N3O2/c20-14(19-9-2-1-3-10-19)7-8-17-16(21)15-13-6-4-5-12(13)11-18-15/h12-13,15,18H,1-11H2,(H,17,21). The summed E-state index contributed by atoms with van der Waals surface area (Å²) in [6, 6.07) is -0.0254. The van der Waals surface area contributed by atoms with Crippen LogP contribution in [0.1, 0.15) is 44.9 Å². The Morgan fingerprint density at radius 3 is 2.71 bits per heavy atom. The van der Waals surface area contributed by atoms with Crippen molar-refractivity contribution in [2.24, 2.45) is 11.8 Å². The van der Waals surface area contributed by atoms with Crippen LogP contribution in [0.15, 0.2) is 0 Å². The van der Waals surface area contributed by atoms with E-state index in [4.69, 9.17) is 0 Å². The Morgan fingerprint density at radius 1 is 1.10 bits per heavy atom. The Bertz CT molecular complexity index is 393. The molecule has 0 aromatic rings. The van der Waals surface area contributed by atoms with Crippen LogP contribution < -0.4 is 10.6 Å². The van der Waals surface area contributed by atoms with Gasteiger partial charge in [-0.05, 0) is 50.5 Å². The van der Waals surface area contributed by atoms with Gasteiger partial charge in [-0.1, -0.05) is 6.42 Å². The van der Waals surface area contributed by atoms with Crippen molar-refractivity contribution in [1.82, 2.24) is 15.5 Å². The maximum Gasteiger partial charge on any atom is 0.237 e. The summed E-state index contributed by atoms with van der Waals surface area (Å²) in [5.74, 6) is 1.49. The van der Waals surface area contributed by atoms with Gasteiger partial charge in [-0.15, -0.1) is 0 Å². The van der Waals surface area contributed by atoms with E-state index in [0.29, 0.717) is 24.8 Å². The molecule has 0 aromatic heterocycles. The van der Waals surface area contributed by atoms with Gasteiger partial charge in [-0.2, -0.15) is 0 Å². The average Bonchev–Trinajstić information content (AvgIpc) is 3.10. The molecule has 1 aliphatic carbocycles. The number of nitrogens with zero attached hydrogens (tertiary/aromatic N) is 1. The summed E-state index contributed by atoms with van der Waals surface area (Å²) in [5.41, 5.74) is 0. The van der Waals surface area contributed by atoms with Crippen LogP contribution in [0.2, 0.25) is 0 Å². The molecule has 3 rings (SSSR count). The molecule has 1 saturated carbocycles. The number of likely N-dealkylation sites (tertiary alicyclic amines) is 1. The minimum atomic E-state index is -0.0254. The minimum Gasteiger partial charge on any atom is -0.354 e. The molecule has 5 heteroatoms. The average molecular weight is 293 g/mol. The van der Waals surface area contributed by atoms with E-state index in [2.05, 4.69) is 10.6 Å². The van der Waals surface area contributed by atoms with Crippen LogP contribution in [-0.4, -0.2) is 48.9 Å². The molecule has 0 aromatic carbocycles. The van der Waals surface area contributed by atoms with Crippen molar-refractivity contribution < 1.29 is 9.59 Å². The second kappa shape index (κ2) is 6.77. The monoisotopic (exact) mass is 293 g/mol. The molecule has 3 aliphatic rings. The van der Waals surface area contributed by atoms with Crippen LogP contribution in [0.4, 0.5) is 0 Å². The van der Waals surface area contributed by atoms with E-state index >= 15 is 0 Å². The third-order valence-electron chi connectivity index (χ3n) is 5.38. The number of piperidine rings is 1. The number of rotatable bonds is 4. The van der Waals surface area contributed by atoms with Crippen molar-refractivity contribution >= 4 is 11.8 Å². The number of nitrogens with one attached hydrogen (secondary N) is 2. The van der Waals surface area contributed by atoms with Gasteiger partial charge in [0.25, 0.3) is 0 Å². The molecule has 0 radical (unpaired) electrons. The highest BCUT2D eigenvalue weighted by molar-refractivity contribution is 5.83. The fourth-order valence-corrected chi connectivity index (χ4v) is 4.18. The first kappa shape index (κ1) is 14.8. The van der Waals surface area contributed by atoms with E-state index in [1.165, 1.54) is 25.7 Å². The van der Waals surface area contributed by atoms with Crippen LogP contribution in [-0.2, 0) is 9.59 Å². The molecule has 2 saturated heterocycles. The fraction of sp³-hybridized carbons (Fsp3) is 0.875. The van der Waals surface area contributed by atoms with E-state index < -0.39 is 0 Å². The van der Waals surface area contributed by atoms with E-state index in [-0.39, 0.29) is 17.9 Å². The van der Waals surface area contributed by atoms with Crippen molar-refractivity contribution in [3.05, 3.63) is 0 Å². The van der Waals surface area contributed by atoms with Crippen LogP contribution in [0.3, 0.4) is 0 Å². The summed E-state index contributed by atoms with van der Waals surface area (Å²) < 4.78 is 0. The fourth-order valence-electron chi connectivity index (χ4n) is 4.18. The quantitative estimate of drug-likeness (QED) is 0.809. The van der Waals surface area contributed by atoms with Crippen molar-refractivity contribution in [1.29, 1.82) is 0 Å². The van der Waals surface area contributed by atoms with Crippen LogP contribution in [0, 0.1) is 11.8 Å². The Morgan fingerprint density at radius 2 is 1.90 bits per heavy atom. The Labute approximate surface area is 126 Å². The third kappa shape index (κ3) is 3.39. The molecule has 0 spiro atoms. The minimum absolute atomic E-state index is 0.0254. The van der Waals surface area contributed by atoms with Gasteiger partial charge in [-0.25, -0.2) is 0 Å². The predicted molar refractivity (Wildman–Crippen MR) is 80.7 cm³/mol. The molecule has 3 atom stereocenters. The molecule has 2 N–H and O–H groups in total. The zero-order valence-electron chi connectivity index (χ0n) is 12.8. The lowest BCUT2D eigenvalue weighted by atomic mass is 9.93. The Hall–Kier alpha value is -1.10. The highest BCUT2D eigenvalue weighted by atomic mass is 16.2. The SMILES string of the molecule is O=C(NCCC(=O)N1CCCCC1)C1NCC2CCCC21. The van der Waals surface area contributed by atoms with Crippen molar-refractivity contribution in [2.45, 2.75) is 51.0 Å². The number of fused-ring (bicyclic) bond motifs is 1. The lowest BCUT2D eigenvalue weighted by molar-refractivity contribution is -0.132. The smallest absolute Gasteiger partial charge is 0.237 e. The summed E-state index contributed by atoms with van der Waals surface area (Å²) in [4.78, 5) is 26.2. The van der Waals surface area contributed by atoms with Crippen molar-refractivity contribution in [3.8, 4) is 0 Å². The number of hydrogen-bond acceptors (Lipinski definition) is 3. The highest BCUT2D eigenvalue weighted by Crippen LogP contribution is 2.37.